The van der Waals surface area contributed by atoms with Gasteiger partial charge in [0.05, 0.1) is 4.91 Å². The lowest BCUT2D eigenvalue weighted by Crippen LogP contribution is -2.44. The molecule has 2 fully saturated rings. The number of anilines is 1. The standard InChI is InChI=1S/C21H20N6O2S/c1-25-8-10-26(11-9-25)16-5-3-15(4-6-16)19-24-23-18-7-2-14(13-27(18)19)12-17-20(28)22-21(29)30-17/h2-7,12-13H,8-11H2,1H3,(H,22,28,29). The number of likely N-dealkylation sites (N-methyl/N-ethyl adjacent to an activating group) is 1. The summed E-state index contributed by atoms with van der Waals surface area (Å²) in [6.45, 7) is 4.18. The molecule has 0 radical (unpaired) electrons. The summed E-state index contributed by atoms with van der Waals surface area (Å²) in [5, 5.41) is 10.5. The van der Waals surface area contributed by atoms with Crippen LogP contribution in [0.3, 0.4) is 0 Å². The van der Waals surface area contributed by atoms with Gasteiger partial charge in [0.25, 0.3) is 11.1 Å². The summed E-state index contributed by atoms with van der Waals surface area (Å²) in [4.78, 5) is 28.3. The number of hydrogen-bond acceptors (Lipinski definition) is 7. The van der Waals surface area contributed by atoms with Crippen molar-refractivity contribution in [3.05, 3.63) is 53.1 Å². The highest BCUT2D eigenvalue weighted by Gasteiger charge is 2.25. The normalized spacial score (nSPS) is 19.1. The molecule has 2 amide bonds. The number of nitrogens with one attached hydrogen (secondary N) is 1. The molecule has 2 saturated heterocycles. The van der Waals surface area contributed by atoms with Crippen molar-refractivity contribution in [2.75, 3.05) is 38.1 Å². The van der Waals surface area contributed by atoms with Gasteiger partial charge in [0.15, 0.2) is 11.5 Å². The van der Waals surface area contributed by atoms with Crippen molar-refractivity contribution in [2.24, 2.45) is 0 Å². The first-order chi connectivity index (χ1) is 14.6. The lowest BCUT2D eigenvalue weighted by atomic mass is 10.1. The predicted molar refractivity (Wildman–Crippen MR) is 117 cm³/mol. The maximum Gasteiger partial charge on any atom is 0.290 e. The molecule has 0 saturated carbocycles. The Hall–Kier alpha value is -3.17. The van der Waals surface area contributed by atoms with Crippen LogP contribution in [0.1, 0.15) is 5.56 Å². The molecule has 4 heterocycles. The molecule has 0 spiro atoms. The first-order valence-electron chi connectivity index (χ1n) is 9.70. The third-order valence-electron chi connectivity index (χ3n) is 5.36. The maximum atomic E-state index is 11.8. The predicted octanol–water partition coefficient (Wildman–Crippen LogP) is 2.47. The highest BCUT2D eigenvalue weighted by molar-refractivity contribution is 8.18. The molecule has 0 aliphatic carbocycles. The minimum Gasteiger partial charge on any atom is -0.369 e. The largest absolute Gasteiger partial charge is 0.369 e. The van der Waals surface area contributed by atoms with Crippen molar-refractivity contribution in [1.29, 1.82) is 0 Å². The topological polar surface area (TPSA) is 82.8 Å². The van der Waals surface area contributed by atoms with E-state index in [2.05, 4.69) is 56.6 Å². The van der Waals surface area contributed by atoms with E-state index < -0.39 is 0 Å². The van der Waals surface area contributed by atoms with Crippen molar-refractivity contribution in [2.45, 2.75) is 0 Å². The Balaban J connectivity index is 1.44. The summed E-state index contributed by atoms with van der Waals surface area (Å²) < 4.78 is 1.90. The van der Waals surface area contributed by atoms with Gasteiger partial charge in [-0.15, -0.1) is 10.2 Å². The van der Waals surface area contributed by atoms with E-state index in [1.807, 2.05) is 22.7 Å². The number of benzene rings is 1. The third kappa shape index (κ3) is 3.57. The number of amides is 2. The number of nitrogens with zero attached hydrogens (tertiary/aromatic N) is 5. The lowest BCUT2D eigenvalue weighted by Gasteiger charge is -2.34. The molecule has 1 aromatic carbocycles. The summed E-state index contributed by atoms with van der Waals surface area (Å²) in [6, 6.07) is 12.1. The summed E-state index contributed by atoms with van der Waals surface area (Å²) >= 11 is 0.905. The Morgan fingerprint density at radius 1 is 1.00 bits per heavy atom. The van der Waals surface area contributed by atoms with E-state index in [0.29, 0.717) is 4.91 Å². The van der Waals surface area contributed by atoms with Crippen LogP contribution < -0.4 is 10.2 Å². The van der Waals surface area contributed by atoms with Crippen molar-refractivity contribution in [1.82, 2.24) is 24.8 Å². The van der Waals surface area contributed by atoms with Crippen LogP contribution in [-0.2, 0) is 4.79 Å². The Morgan fingerprint density at radius 2 is 1.77 bits per heavy atom. The molecule has 9 heteroatoms. The average Bonchev–Trinajstić information content (AvgIpc) is 3.31. The van der Waals surface area contributed by atoms with E-state index in [9.17, 15) is 9.59 Å². The molecule has 2 aliphatic rings. The van der Waals surface area contributed by atoms with Gasteiger partial charge in [-0.05, 0) is 66.8 Å². The number of fused-ring (bicyclic) bond motifs is 1. The Morgan fingerprint density at radius 3 is 2.47 bits per heavy atom. The molecule has 0 unspecified atom stereocenters. The Labute approximate surface area is 177 Å². The number of imide groups is 1. The lowest BCUT2D eigenvalue weighted by molar-refractivity contribution is -0.115. The summed E-state index contributed by atoms with van der Waals surface area (Å²) in [5.41, 5.74) is 3.69. The number of thioether (sulfide) groups is 1. The third-order valence-corrected chi connectivity index (χ3v) is 6.17. The second-order valence-corrected chi connectivity index (χ2v) is 8.42. The van der Waals surface area contributed by atoms with Gasteiger partial charge >= 0.3 is 0 Å². The fraction of sp³-hybridized carbons (Fsp3) is 0.238. The highest BCUT2D eigenvalue weighted by atomic mass is 32.2. The Kier molecular flexibility index (Phi) is 4.76. The van der Waals surface area contributed by atoms with E-state index in [1.165, 1.54) is 5.69 Å². The smallest absolute Gasteiger partial charge is 0.290 e. The first-order valence-corrected chi connectivity index (χ1v) is 10.5. The van der Waals surface area contributed by atoms with Crippen LogP contribution in [0.15, 0.2) is 47.5 Å². The minimum absolute atomic E-state index is 0.349. The fourth-order valence-corrected chi connectivity index (χ4v) is 4.33. The van der Waals surface area contributed by atoms with Gasteiger partial charge in [-0.25, -0.2) is 0 Å². The van der Waals surface area contributed by atoms with Gasteiger partial charge in [0.2, 0.25) is 0 Å². The zero-order valence-corrected chi connectivity index (χ0v) is 17.2. The van der Waals surface area contributed by atoms with Gasteiger partial charge in [-0.2, -0.15) is 0 Å². The van der Waals surface area contributed by atoms with Crippen LogP contribution >= 0.6 is 11.8 Å². The van der Waals surface area contributed by atoms with Gasteiger partial charge in [-0.3, -0.25) is 19.3 Å². The quantitative estimate of drug-likeness (QED) is 0.652. The summed E-state index contributed by atoms with van der Waals surface area (Å²) in [6.07, 6.45) is 3.58. The SMILES string of the molecule is CN1CCN(c2ccc(-c3nnc4ccc(C=C5SC(=O)NC5=O)cn34)cc2)CC1. The van der Waals surface area contributed by atoms with Crippen LogP contribution in [0.25, 0.3) is 23.1 Å². The number of carbonyl (C=O) groups excluding carboxylic acids is 2. The van der Waals surface area contributed by atoms with Gasteiger partial charge in [0, 0.05) is 43.6 Å². The second kappa shape index (κ2) is 7.58. The minimum atomic E-state index is -0.367. The van der Waals surface area contributed by atoms with Gasteiger partial charge in [0.1, 0.15) is 0 Å². The van der Waals surface area contributed by atoms with Crippen molar-refractivity contribution in [3.63, 3.8) is 0 Å². The van der Waals surface area contributed by atoms with Crippen LogP contribution in [0.2, 0.25) is 0 Å². The number of carbonyl (C=O) groups is 2. The molecule has 152 valence electrons. The molecule has 1 N–H and O–H groups in total. The number of hydrogen-bond donors (Lipinski definition) is 1. The molecule has 2 aromatic heterocycles. The molecule has 0 atom stereocenters. The van der Waals surface area contributed by atoms with E-state index in [4.69, 9.17) is 0 Å². The highest BCUT2D eigenvalue weighted by Crippen LogP contribution is 2.27. The van der Waals surface area contributed by atoms with Crippen LogP contribution in [-0.4, -0.2) is 63.9 Å². The van der Waals surface area contributed by atoms with Crippen LogP contribution in [0.4, 0.5) is 10.5 Å². The fourth-order valence-electron chi connectivity index (χ4n) is 3.65. The zero-order valence-electron chi connectivity index (χ0n) is 16.4. The van der Waals surface area contributed by atoms with E-state index in [-0.39, 0.29) is 11.1 Å². The summed E-state index contributed by atoms with van der Waals surface area (Å²) in [7, 11) is 2.15. The molecule has 8 nitrogen and oxygen atoms in total. The van der Waals surface area contributed by atoms with Gasteiger partial charge < -0.3 is 9.80 Å². The second-order valence-electron chi connectivity index (χ2n) is 7.40. The van der Waals surface area contributed by atoms with E-state index in [1.54, 1.807) is 6.08 Å². The number of piperazine rings is 1. The maximum absolute atomic E-state index is 11.8. The molecular formula is C21H20N6O2S. The van der Waals surface area contributed by atoms with Crippen molar-refractivity contribution >= 4 is 40.3 Å². The number of aromatic nitrogens is 3. The molecule has 3 aromatic rings. The number of pyridine rings is 1. The average molecular weight is 420 g/mol. The zero-order chi connectivity index (χ0) is 20.7. The van der Waals surface area contributed by atoms with E-state index in [0.717, 1.165) is 60.5 Å². The molecular weight excluding hydrogens is 400 g/mol. The van der Waals surface area contributed by atoms with Crippen molar-refractivity contribution < 1.29 is 9.59 Å². The van der Waals surface area contributed by atoms with Crippen LogP contribution in [0, 0.1) is 0 Å². The van der Waals surface area contributed by atoms with E-state index >= 15 is 0 Å². The molecule has 5 rings (SSSR count). The monoisotopic (exact) mass is 420 g/mol. The molecule has 0 bridgehead atoms. The van der Waals surface area contributed by atoms with Crippen molar-refractivity contribution in [3.8, 4) is 11.4 Å². The van der Waals surface area contributed by atoms with Crippen LogP contribution in [0.5, 0.6) is 0 Å². The summed E-state index contributed by atoms with van der Waals surface area (Å²) in [5.74, 6) is 0.364. The molecule has 2 aliphatic heterocycles. The Bertz CT molecular complexity index is 1160. The number of rotatable bonds is 3. The molecule has 30 heavy (non-hydrogen) atoms. The first kappa shape index (κ1) is 18.8. The van der Waals surface area contributed by atoms with Gasteiger partial charge in [-0.1, -0.05) is 0 Å².